The number of hydrogen-bond acceptors (Lipinski definition) is 4. The van der Waals surface area contributed by atoms with Crippen molar-refractivity contribution < 1.29 is 14.0 Å². The molecule has 2 aromatic heterocycles. The zero-order valence-corrected chi connectivity index (χ0v) is 16.9. The molecular weight excluding hydrogens is 344 g/mol. The molecule has 0 aliphatic rings. The fourth-order valence-electron chi connectivity index (χ4n) is 2.25. The number of carbonyl (C=O) groups is 1. The van der Waals surface area contributed by atoms with Gasteiger partial charge in [-0.25, -0.2) is 9.78 Å². The summed E-state index contributed by atoms with van der Waals surface area (Å²) in [5.74, 6) is -0.422. The van der Waals surface area contributed by atoms with Gasteiger partial charge in [0.25, 0.3) is 0 Å². The fraction of sp³-hybridized carbons (Fsp3) is 0.529. The quantitative estimate of drug-likeness (QED) is 0.443. The third kappa shape index (κ3) is 3.82. The summed E-state index contributed by atoms with van der Waals surface area (Å²) in [5.41, 5.74) is 1.82. The Morgan fingerprint density at radius 1 is 1.38 bits per heavy atom. The van der Waals surface area contributed by atoms with Crippen LogP contribution in [0, 0.1) is 0 Å². The Kier molecular flexibility index (Phi) is 5.42. The van der Waals surface area contributed by atoms with Crippen LogP contribution in [0.25, 0.3) is 11.0 Å². The molecule has 0 unspecified atom stereocenters. The van der Waals surface area contributed by atoms with Gasteiger partial charge in [0.15, 0.2) is 8.32 Å². The number of carbonyl (C=O) groups excluding carboxylic acids is 1. The highest BCUT2D eigenvalue weighted by Crippen LogP contribution is 2.36. The second kappa shape index (κ2) is 6.86. The highest BCUT2D eigenvalue weighted by atomic mass is 35.5. The van der Waals surface area contributed by atoms with Gasteiger partial charge in [-0.15, -0.1) is 0 Å². The fourth-order valence-corrected chi connectivity index (χ4v) is 3.48. The third-order valence-electron chi connectivity index (χ3n) is 4.69. The Balaban J connectivity index is 2.26. The van der Waals surface area contributed by atoms with Crippen LogP contribution in [0.1, 0.15) is 31.1 Å². The predicted octanol–water partition coefficient (Wildman–Crippen LogP) is 4.50. The highest BCUT2D eigenvalue weighted by molar-refractivity contribution is 6.74. The van der Waals surface area contributed by atoms with E-state index in [0.717, 1.165) is 5.52 Å². The number of esters is 1. The van der Waals surface area contributed by atoms with E-state index < -0.39 is 14.3 Å². The number of aromatic nitrogens is 2. The maximum absolute atomic E-state index is 12.0. The topological polar surface area (TPSA) is 53.3 Å². The maximum Gasteiger partial charge on any atom is 0.340 e. The molecule has 24 heavy (non-hydrogen) atoms. The first kappa shape index (κ1) is 19.0. The van der Waals surface area contributed by atoms with Crippen molar-refractivity contribution >= 4 is 36.9 Å². The van der Waals surface area contributed by atoms with E-state index in [1.807, 2.05) is 16.8 Å². The lowest BCUT2D eigenvalue weighted by atomic mass is 10.2. The van der Waals surface area contributed by atoms with Crippen LogP contribution in [0.2, 0.25) is 23.3 Å². The molecule has 0 bridgehead atoms. The Morgan fingerprint density at radius 3 is 2.62 bits per heavy atom. The first-order valence-electron chi connectivity index (χ1n) is 7.94. The standard InChI is InChI=1S/C17H25ClN2O3Si/c1-17(2,3)24(5,6)23-10-9-20-8-7-13-15(20)12(16(21)22-4)11-14(18)19-13/h7-8,11H,9-10H2,1-6H3. The number of methoxy groups -OCH3 is 1. The van der Waals surface area contributed by atoms with Gasteiger partial charge in [-0.3, -0.25) is 0 Å². The summed E-state index contributed by atoms with van der Waals surface area (Å²) in [6, 6.07) is 3.39. The van der Waals surface area contributed by atoms with Gasteiger partial charge in [0.05, 0.1) is 30.3 Å². The number of nitrogens with zero attached hydrogens (tertiary/aromatic N) is 2. The number of rotatable bonds is 5. The van der Waals surface area contributed by atoms with Crippen LogP contribution in [0.3, 0.4) is 0 Å². The van der Waals surface area contributed by atoms with Gasteiger partial charge >= 0.3 is 5.97 Å². The number of halogens is 1. The summed E-state index contributed by atoms with van der Waals surface area (Å²) in [6.07, 6.45) is 1.90. The van der Waals surface area contributed by atoms with Crippen molar-refractivity contribution in [3.63, 3.8) is 0 Å². The maximum atomic E-state index is 12.0. The molecule has 0 fully saturated rings. The Bertz CT molecular complexity index is 750. The number of ether oxygens (including phenoxy) is 1. The minimum atomic E-state index is -1.80. The molecule has 2 rings (SSSR count). The molecule has 2 aromatic rings. The van der Waals surface area contributed by atoms with Gasteiger partial charge < -0.3 is 13.7 Å². The number of fused-ring (bicyclic) bond motifs is 1. The van der Waals surface area contributed by atoms with Gasteiger partial charge in [0.2, 0.25) is 0 Å². The van der Waals surface area contributed by atoms with Crippen molar-refractivity contribution in [2.24, 2.45) is 0 Å². The smallest absolute Gasteiger partial charge is 0.340 e. The summed E-state index contributed by atoms with van der Waals surface area (Å²) in [5, 5.41) is 0.441. The van der Waals surface area contributed by atoms with E-state index in [0.29, 0.717) is 24.2 Å². The van der Waals surface area contributed by atoms with E-state index in [2.05, 4.69) is 38.8 Å². The lowest BCUT2D eigenvalue weighted by Crippen LogP contribution is -2.41. The van der Waals surface area contributed by atoms with Crippen LogP contribution in [-0.2, 0) is 15.7 Å². The van der Waals surface area contributed by atoms with E-state index >= 15 is 0 Å². The monoisotopic (exact) mass is 368 g/mol. The molecule has 0 atom stereocenters. The van der Waals surface area contributed by atoms with Crippen LogP contribution >= 0.6 is 11.6 Å². The lowest BCUT2D eigenvalue weighted by Gasteiger charge is -2.36. The van der Waals surface area contributed by atoms with Crippen molar-refractivity contribution in [3.05, 3.63) is 29.0 Å². The molecule has 0 amide bonds. The van der Waals surface area contributed by atoms with E-state index in [4.69, 9.17) is 20.8 Å². The predicted molar refractivity (Wildman–Crippen MR) is 99.2 cm³/mol. The van der Waals surface area contributed by atoms with Gasteiger partial charge in [-0.1, -0.05) is 32.4 Å². The normalized spacial score (nSPS) is 12.6. The van der Waals surface area contributed by atoms with Crippen molar-refractivity contribution in [1.82, 2.24) is 9.55 Å². The molecular formula is C17H25ClN2O3Si. The van der Waals surface area contributed by atoms with Crippen LogP contribution < -0.4 is 0 Å². The first-order valence-corrected chi connectivity index (χ1v) is 11.2. The van der Waals surface area contributed by atoms with Crippen molar-refractivity contribution in [1.29, 1.82) is 0 Å². The van der Waals surface area contributed by atoms with Crippen LogP contribution in [0.15, 0.2) is 18.3 Å². The van der Waals surface area contributed by atoms with Gasteiger partial charge in [-0.05, 0) is 30.3 Å². The lowest BCUT2D eigenvalue weighted by molar-refractivity contribution is 0.0602. The molecule has 2 heterocycles. The largest absolute Gasteiger partial charge is 0.465 e. The highest BCUT2D eigenvalue weighted by Gasteiger charge is 2.36. The van der Waals surface area contributed by atoms with Crippen molar-refractivity contribution in [2.45, 2.75) is 45.4 Å². The summed E-state index contributed by atoms with van der Waals surface area (Å²) >= 11 is 6.00. The third-order valence-corrected chi connectivity index (χ3v) is 9.43. The molecule has 0 spiro atoms. The summed E-state index contributed by atoms with van der Waals surface area (Å²) in [4.78, 5) is 16.3. The first-order chi connectivity index (χ1) is 11.1. The molecule has 0 N–H and O–H groups in total. The number of pyridine rings is 1. The second-order valence-corrected chi connectivity index (χ2v) is 12.5. The molecule has 0 aromatic carbocycles. The minimum absolute atomic E-state index is 0.165. The molecule has 132 valence electrons. The summed E-state index contributed by atoms with van der Waals surface area (Å²) in [7, 11) is -0.441. The zero-order valence-electron chi connectivity index (χ0n) is 15.1. The zero-order chi connectivity index (χ0) is 18.1. The van der Waals surface area contributed by atoms with E-state index in [-0.39, 0.29) is 10.2 Å². The molecule has 5 nitrogen and oxygen atoms in total. The molecule has 0 aliphatic heterocycles. The Morgan fingerprint density at radius 2 is 2.04 bits per heavy atom. The second-order valence-electron chi connectivity index (χ2n) is 7.34. The molecule has 0 saturated carbocycles. The van der Waals surface area contributed by atoms with Crippen LogP contribution in [-0.4, -0.2) is 37.6 Å². The molecule has 0 saturated heterocycles. The molecule has 7 heteroatoms. The summed E-state index contributed by atoms with van der Waals surface area (Å²) < 4.78 is 13.1. The minimum Gasteiger partial charge on any atom is -0.465 e. The van der Waals surface area contributed by atoms with Gasteiger partial charge in [0, 0.05) is 12.7 Å². The van der Waals surface area contributed by atoms with Crippen LogP contribution in [0.5, 0.6) is 0 Å². The molecule has 0 aliphatic carbocycles. The average Bonchev–Trinajstić information content (AvgIpc) is 2.87. The van der Waals surface area contributed by atoms with Crippen molar-refractivity contribution in [3.8, 4) is 0 Å². The molecule has 0 radical (unpaired) electrons. The SMILES string of the molecule is COC(=O)c1cc(Cl)nc2ccn(CCO[Si](C)(C)C(C)(C)C)c12. The van der Waals surface area contributed by atoms with E-state index in [9.17, 15) is 4.79 Å². The van der Waals surface area contributed by atoms with Gasteiger partial charge in [-0.2, -0.15) is 0 Å². The Hall–Kier alpha value is -1.37. The van der Waals surface area contributed by atoms with E-state index in [1.165, 1.54) is 7.11 Å². The number of hydrogen-bond donors (Lipinski definition) is 0. The van der Waals surface area contributed by atoms with Gasteiger partial charge in [0.1, 0.15) is 5.15 Å². The Labute approximate surface area is 149 Å². The summed E-state index contributed by atoms with van der Waals surface area (Å²) in [6.45, 7) is 12.3. The van der Waals surface area contributed by atoms with Crippen LogP contribution in [0.4, 0.5) is 0 Å². The average molecular weight is 369 g/mol. The van der Waals surface area contributed by atoms with Crippen molar-refractivity contribution in [2.75, 3.05) is 13.7 Å². The van der Waals surface area contributed by atoms with E-state index in [1.54, 1.807) is 6.07 Å².